The van der Waals surface area contributed by atoms with Gasteiger partial charge in [-0.25, -0.2) is 4.79 Å². The van der Waals surface area contributed by atoms with Crippen LogP contribution in [0.2, 0.25) is 0 Å². The van der Waals surface area contributed by atoms with Crippen molar-refractivity contribution in [1.29, 1.82) is 5.26 Å². The van der Waals surface area contributed by atoms with Gasteiger partial charge in [-0.15, -0.1) is 0 Å². The number of anilines is 1. The SMILES string of the molecule is N#CC(=Cc1cc2ccccc2o1)C(=O)Nc1ccccc1C(=O)O. The van der Waals surface area contributed by atoms with Gasteiger partial charge in [0.1, 0.15) is 23.0 Å². The van der Waals surface area contributed by atoms with E-state index in [1.165, 1.54) is 18.2 Å². The molecule has 0 aliphatic carbocycles. The third-order valence-corrected chi connectivity index (χ3v) is 3.50. The lowest BCUT2D eigenvalue weighted by Crippen LogP contribution is -2.16. The minimum absolute atomic E-state index is 0.0584. The zero-order valence-electron chi connectivity index (χ0n) is 12.9. The van der Waals surface area contributed by atoms with E-state index < -0.39 is 11.9 Å². The molecule has 122 valence electrons. The molecule has 3 aromatic rings. The molecule has 0 spiro atoms. The van der Waals surface area contributed by atoms with Crippen LogP contribution in [0.4, 0.5) is 5.69 Å². The van der Waals surface area contributed by atoms with E-state index >= 15 is 0 Å². The van der Waals surface area contributed by atoms with Crippen molar-refractivity contribution in [2.45, 2.75) is 0 Å². The highest BCUT2D eigenvalue weighted by atomic mass is 16.4. The molecule has 0 aliphatic heterocycles. The summed E-state index contributed by atoms with van der Waals surface area (Å²) in [5, 5.41) is 21.7. The molecule has 0 fully saturated rings. The second-order valence-corrected chi connectivity index (χ2v) is 5.16. The molecule has 25 heavy (non-hydrogen) atoms. The van der Waals surface area contributed by atoms with Crippen LogP contribution >= 0.6 is 0 Å². The largest absolute Gasteiger partial charge is 0.478 e. The molecule has 0 bridgehead atoms. The van der Waals surface area contributed by atoms with Crippen molar-refractivity contribution in [2.24, 2.45) is 0 Å². The summed E-state index contributed by atoms with van der Waals surface area (Å²) in [4.78, 5) is 23.5. The maximum absolute atomic E-state index is 12.3. The Bertz CT molecular complexity index is 1010. The number of rotatable bonds is 4. The number of carbonyl (C=O) groups excluding carboxylic acids is 1. The highest BCUT2D eigenvalue weighted by Crippen LogP contribution is 2.21. The van der Waals surface area contributed by atoms with Crippen LogP contribution in [0.1, 0.15) is 16.1 Å². The fourth-order valence-electron chi connectivity index (χ4n) is 2.33. The number of hydrogen-bond donors (Lipinski definition) is 2. The summed E-state index contributed by atoms with van der Waals surface area (Å²) in [6.45, 7) is 0. The van der Waals surface area contributed by atoms with Gasteiger partial charge >= 0.3 is 5.97 Å². The number of nitrogens with zero attached hydrogens (tertiary/aromatic N) is 1. The van der Waals surface area contributed by atoms with Gasteiger partial charge in [0, 0.05) is 11.5 Å². The molecular formula is C19H12N2O4. The van der Waals surface area contributed by atoms with Gasteiger partial charge in [-0.2, -0.15) is 5.26 Å². The van der Waals surface area contributed by atoms with Gasteiger partial charge in [-0.1, -0.05) is 30.3 Å². The molecule has 0 unspecified atom stereocenters. The number of carboxylic acid groups (broad SMARTS) is 1. The molecule has 0 saturated carbocycles. The van der Waals surface area contributed by atoms with Crippen LogP contribution in [0.15, 0.2) is 64.6 Å². The molecule has 0 atom stereocenters. The molecule has 3 rings (SSSR count). The van der Waals surface area contributed by atoms with E-state index in [1.54, 1.807) is 30.3 Å². The Hall–Kier alpha value is -3.85. The smallest absolute Gasteiger partial charge is 0.337 e. The summed E-state index contributed by atoms with van der Waals surface area (Å²) in [7, 11) is 0. The third kappa shape index (κ3) is 3.41. The molecule has 1 aromatic heterocycles. The molecule has 6 nitrogen and oxygen atoms in total. The maximum atomic E-state index is 12.3. The number of nitriles is 1. The van der Waals surface area contributed by atoms with Gasteiger partial charge in [0.25, 0.3) is 5.91 Å². The Balaban J connectivity index is 1.89. The number of fused-ring (bicyclic) bond motifs is 1. The van der Waals surface area contributed by atoms with Crippen molar-refractivity contribution in [1.82, 2.24) is 0 Å². The number of amides is 1. The lowest BCUT2D eigenvalue weighted by molar-refractivity contribution is -0.112. The summed E-state index contributed by atoms with van der Waals surface area (Å²) in [6, 6.07) is 16.8. The Morgan fingerprint density at radius 2 is 1.84 bits per heavy atom. The highest BCUT2D eigenvalue weighted by molar-refractivity contribution is 6.11. The van der Waals surface area contributed by atoms with Gasteiger partial charge in [0.05, 0.1) is 11.3 Å². The van der Waals surface area contributed by atoms with E-state index in [0.717, 1.165) is 5.39 Å². The number of para-hydroxylation sites is 2. The van der Waals surface area contributed by atoms with Gasteiger partial charge in [0.15, 0.2) is 0 Å². The Kier molecular flexibility index (Phi) is 4.31. The molecule has 6 heteroatoms. The molecular weight excluding hydrogens is 320 g/mol. The van der Waals surface area contributed by atoms with Crippen LogP contribution in [-0.2, 0) is 4.79 Å². The van der Waals surface area contributed by atoms with Crippen molar-refractivity contribution in [3.63, 3.8) is 0 Å². The first-order valence-corrected chi connectivity index (χ1v) is 7.32. The van der Waals surface area contributed by atoms with Crippen molar-refractivity contribution in [3.05, 3.63) is 71.5 Å². The summed E-state index contributed by atoms with van der Waals surface area (Å²) in [6.07, 6.45) is 1.32. The summed E-state index contributed by atoms with van der Waals surface area (Å²) in [5.41, 5.74) is 0.504. The maximum Gasteiger partial charge on any atom is 0.337 e. The first-order valence-electron chi connectivity index (χ1n) is 7.32. The van der Waals surface area contributed by atoms with Crippen LogP contribution in [0.25, 0.3) is 17.0 Å². The van der Waals surface area contributed by atoms with Crippen molar-refractivity contribution < 1.29 is 19.1 Å². The summed E-state index contributed by atoms with van der Waals surface area (Å²) in [5.74, 6) is -1.52. The van der Waals surface area contributed by atoms with E-state index in [1.807, 2.05) is 18.2 Å². The zero-order chi connectivity index (χ0) is 17.8. The first kappa shape index (κ1) is 16.0. The fraction of sp³-hybridized carbons (Fsp3) is 0. The summed E-state index contributed by atoms with van der Waals surface area (Å²) < 4.78 is 5.56. The Labute approximate surface area is 142 Å². The van der Waals surface area contributed by atoms with Crippen LogP contribution in [0, 0.1) is 11.3 Å². The monoisotopic (exact) mass is 332 g/mol. The van der Waals surface area contributed by atoms with Gasteiger partial charge < -0.3 is 14.8 Å². The van der Waals surface area contributed by atoms with Crippen molar-refractivity contribution in [2.75, 3.05) is 5.32 Å². The van der Waals surface area contributed by atoms with E-state index in [0.29, 0.717) is 11.3 Å². The van der Waals surface area contributed by atoms with Crippen molar-refractivity contribution >= 4 is 34.6 Å². The van der Waals surface area contributed by atoms with Crippen LogP contribution in [-0.4, -0.2) is 17.0 Å². The van der Waals surface area contributed by atoms with Gasteiger partial charge in [0.2, 0.25) is 0 Å². The average Bonchev–Trinajstić information content (AvgIpc) is 3.02. The number of carboxylic acids is 1. The number of nitrogens with one attached hydrogen (secondary N) is 1. The Morgan fingerprint density at radius 3 is 2.56 bits per heavy atom. The van der Waals surface area contributed by atoms with Crippen molar-refractivity contribution in [3.8, 4) is 6.07 Å². The molecule has 1 amide bonds. The third-order valence-electron chi connectivity index (χ3n) is 3.50. The minimum atomic E-state index is -1.17. The van der Waals surface area contributed by atoms with E-state index in [2.05, 4.69) is 5.32 Å². The van der Waals surface area contributed by atoms with Crippen LogP contribution in [0.5, 0.6) is 0 Å². The zero-order valence-corrected chi connectivity index (χ0v) is 12.9. The molecule has 0 aliphatic rings. The quantitative estimate of drug-likeness (QED) is 0.560. The standard InChI is InChI=1S/C19H12N2O4/c20-11-13(10-14-9-12-5-1-4-8-17(12)25-14)18(22)21-16-7-3-2-6-15(16)19(23)24/h1-10H,(H,21,22)(H,23,24). The first-order chi connectivity index (χ1) is 12.1. The van der Waals surface area contributed by atoms with Crippen LogP contribution < -0.4 is 5.32 Å². The fourth-order valence-corrected chi connectivity index (χ4v) is 2.33. The molecule has 2 aromatic carbocycles. The molecule has 0 radical (unpaired) electrons. The topological polar surface area (TPSA) is 103 Å². The summed E-state index contributed by atoms with van der Waals surface area (Å²) >= 11 is 0. The number of carbonyl (C=O) groups is 2. The molecule has 0 saturated heterocycles. The molecule has 1 heterocycles. The number of aromatic carboxylic acids is 1. The Morgan fingerprint density at radius 1 is 1.12 bits per heavy atom. The van der Waals surface area contributed by atoms with Gasteiger partial charge in [-0.05, 0) is 24.3 Å². The molecule has 2 N–H and O–H groups in total. The second kappa shape index (κ2) is 6.72. The lowest BCUT2D eigenvalue weighted by Gasteiger charge is -2.07. The lowest BCUT2D eigenvalue weighted by atomic mass is 10.1. The predicted molar refractivity (Wildman–Crippen MR) is 91.8 cm³/mol. The minimum Gasteiger partial charge on any atom is -0.478 e. The van der Waals surface area contributed by atoms with E-state index in [-0.39, 0.29) is 16.8 Å². The normalized spacial score (nSPS) is 11.1. The average molecular weight is 332 g/mol. The van der Waals surface area contributed by atoms with E-state index in [4.69, 9.17) is 9.52 Å². The second-order valence-electron chi connectivity index (χ2n) is 5.16. The predicted octanol–water partition coefficient (Wildman–Crippen LogP) is 3.68. The number of hydrogen-bond acceptors (Lipinski definition) is 4. The number of furan rings is 1. The van der Waals surface area contributed by atoms with Gasteiger partial charge in [-0.3, -0.25) is 4.79 Å². The van der Waals surface area contributed by atoms with Crippen LogP contribution in [0.3, 0.4) is 0 Å². The highest BCUT2D eigenvalue weighted by Gasteiger charge is 2.15. The van der Waals surface area contributed by atoms with E-state index in [9.17, 15) is 14.9 Å². The number of benzene rings is 2.